The Hall–Kier alpha value is -1.81. The number of hydrogen-bond donors (Lipinski definition) is 1. The van der Waals surface area contributed by atoms with Gasteiger partial charge in [-0.05, 0) is 44.0 Å². The van der Waals surface area contributed by atoms with Crippen LogP contribution in [0, 0.1) is 6.92 Å². The zero-order valence-corrected chi connectivity index (χ0v) is 13.1. The fourth-order valence-electron chi connectivity index (χ4n) is 3.11. The predicted octanol–water partition coefficient (Wildman–Crippen LogP) is 3.06. The van der Waals surface area contributed by atoms with Gasteiger partial charge in [0.25, 0.3) is 0 Å². The molecule has 112 valence electrons. The number of anilines is 1. The van der Waals surface area contributed by atoms with Crippen molar-refractivity contribution in [2.75, 3.05) is 25.5 Å². The summed E-state index contributed by atoms with van der Waals surface area (Å²) < 4.78 is 2.22. The summed E-state index contributed by atoms with van der Waals surface area (Å²) in [6.07, 6.45) is 7.69. The van der Waals surface area contributed by atoms with E-state index in [9.17, 15) is 0 Å². The molecule has 3 rings (SSSR count). The van der Waals surface area contributed by atoms with Gasteiger partial charge in [-0.2, -0.15) is 0 Å². The Bertz CT molecular complexity index is 609. The van der Waals surface area contributed by atoms with E-state index in [1.54, 1.807) is 0 Å². The number of nitrogens with zero attached hydrogens (tertiary/aromatic N) is 3. The third kappa shape index (κ3) is 2.81. The first kappa shape index (κ1) is 14.1. The Morgan fingerprint density at radius 2 is 2.14 bits per heavy atom. The van der Waals surface area contributed by atoms with Crippen molar-refractivity contribution < 1.29 is 0 Å². The lowest BCUT2D eigenvalue weighted by Crippen LogP contribution is -2.28. The largest absolute Gasteiger partial charge is 0.377 e. The van der Waals surface area contributed by atoms with E-state index in [0.717, 1.165) is 6.54 Å². The number of aryl methyl sites for hydroxylation is 1. The maximum Gasteiger partial charge on any atom is 0.0994 e. The summed E-state index contributed by atoms with van der Waals surface area (Å²) >= 11 is 0. The van der Waals surface area contributed by atoms with Crippen LogP contribution in [-0.4, -0.2) is 30.2 Å². The van der Waals surface area contributed by atoms with Crippen LogP contribution in [0.25, 0.3) is 5.69 Å². The second-order valence-electron chi connectivity index (χ2n) is 6.06. The third-order valence-electron chi connectivity index (χ3n) is 4.29. The zero-order chi connectivity index (χ0) is 14.8. The molecule has 1 aliphatic rings. The van der Waals surface area contributed by atoms with Gasteiger partial charge in [-0.15, -0.1) is 0 Å². The molecule has 1 aromatic heterocycles. The molecule has 4 nitrogen and oxygen atoms in total. The van der Waals surface area contributed by atoms with E-state index in [0.29, 0.717) is 6.04 Å². The topological polar surface area (TPSA) is 33.1 Å². The number of nitrogens with one attached hydrogen (secondary N) is 1. The summed E-state index contributed by atoms with van der Waals surface area (Å²) in [5.74, 6) is 0. The molecule has 1 atom stereocenters. The summed E-state index contributed by atoms with van der Waals surface area (Å²) in [7, 11) is 4.17. The van der Waals surface area contributed by atoms with Crippen molar-refractivity contribution in [1.82, 2.24) is 14.9 Å². The number of aromatic nitrogens is 2. The van der Waals surface area contributed by atoms with Crippen LogP contribution in [0.15, 0.2) is 30.7 Å². The van der Waals surface area contributed by atoms with Crippen LogP contribution in [0.2, 0.25) is 0 Å². The minimum Gasteiger partial charge on any atom is -0.377 e. The van der Waals surface area contributed by atoms with Crippen LogP contribution in [-0.2, 0) is 0 Å². The van der Waals surface area contributed by atoms with E-state index in [-0.39, 0.29) is 0 Å². The van der Waals surface area contributed by atoms with Crippen molar-refractivity contribution in [3.63, 3.8) is 0 Å². The monoisotopic (exact) mass is 284 g/mol. The minimum atomic E-state index is 0.422. The highest BCUT2D eigenvalue weighted by molar-refractivity contribution is 5.58. The lowest BCUT2D eigenvalue weighted by atomic mass is 10.0. The number of imidazole rings is 1. The van der Waals surface area contributed by atoms with Crippen LogP contribution in [0.3, 0.4) is 0 Å². The van der Waals surface area contributed by atoms with Crippen molar-refractivity contribution in [2.24, 2.45) is 0 Å². The average molecular weight is 284 g/mol. The standard InChI is InChI=1S/C17H24N4/c1-13-7-8-14(10-16(13)20(2)3)21-12-18-11-17(21)15-6-4-5-9-19-15/h7-8,10-12,15,19H,4-6,9H2,1-3H3. The van der Waals surface area contributed by atoms with Gasteiger partial charge >= 0.3 is 0 Å². The van der Waals surface area contributed by atoms with Gasteiger partial charge < -0.3 is 14.8 Å². The van der Waals surface area contributed by atoms with Crippen LogP contribution in [0.1, 0.15) is 36.6 Å². The first-order valence-electron chi connectivity index (χ1n) is 7.71. The average Bonchev–Trinajstić information content (AvgIpc) is 2.98. The number of rotatable bonds is 3. The molecule has 0 spiro atoms. The van der Waals surface area contributed by atoms with Gasteiger partial charge in [0, 0.05) is 31.5 Å². The number of benzene rings is 1. The lowest BCUT2D eigenvalue weighted by molar-refractivity contribution is 0.402. The smallest absolute Gasteiger partial charge is 0.0994 e. The van der Waals surface area contributed by atoms with Crippen molar-refractivity contribution in [2.45, 2.75) is 32.2 Å². The maximum absolute atomic E-state index is 4.38. The fourth-order valence-corrected chi connectivity index (χ4v) is 3.11. The highest BCUT2D eigenvalue weighted by atomic mass is 15.1. The van der Waals surface area contributed by atoms with Crippen LogP contribution >= 0.6 is 0 Å². The van der Waals surface area contributed by atoms with Crippen molar-refractivity contribution in [3.05, 3.63) is 42.0 Å². The molecule has 0 bridgehead atoms. The Balaban J connectivity index is 1.97. The molecule has 21 heavy (non-hydrogen) atoms. The summed E-state index contributed by atoms with van der Waals surface area (Å²) in [5.41, 5.74) is 5.00. The molecular formula is C17H24N4. The van der Waals surface area contributed by atoms with E-state index in [2.05, 4.69) is 59.0 Å². The molecule has 0 amide bonds. The van der Waals surface area contributed by atoms with E-state index in [1.807, 2.05) is 12.5 Å². The lowest BCUT2D eigenvalue weighted by Gasteiger charge is -2.25. The van der Waals surface area contributed by atoms with Gasteiger partial charge in [0.05, 0.1) is 18.2 Å². The summed E-state index contributed by atoms with van der Waals surface area (Å²) in [4.78, 5) is 6.54. The molecule has 0 saturated carbocycles. The zero-order valence-electron chi connectivity index (χ0n) is 13.1. The van der Waals surface area contributed by atoms with Crippen molar-refractivity contribution >= 4 is 5.69 Å². The molecule has 1 N–H and O–H groups in total. The molecule has 2 heterocycles. The maximum atomic E-state index is 4.38. The predicted molar refractivity (Wildman–Crippen MR) is 87.2 cm³/mol. The Morgan fingerprint density at radius 1 is 1.29 bits per heavy atom. The third-order valence-corrected chi connectivity index (χ3v) is 4.29. The second-order valence-corrected chi connectivity index (χ2v) is 6.06. The summed E-state index contributed by atoms with van der Waals surface area (Å²) in [6, 6.07) is 7.02. The highest BCUT2D eigenvalue weighted by Crippen LogP contribution is 2.27. The van der Waals surface area contributed by atoms with Crippen LogP contribution in [0.5, 0.6) is 0 Å². The van der Waals surface area contributed by atoms with Crippen molar-refractivity contribution in [1.29, 1.82) is 0 Å². The second kappa shape index (κ2) is 5.90. The molecular weight excluding hydrogens is 260 g/mol. The van der Waals surface area contributed by atoms with Gasteiger partial charge in [-0.3, -0.25) is 0 Å². The molecule has 0 aliphatic carbocycles. The molecule has 1 fully saturated rings. The number of hydrogen-bond acceptors (Lipinski definition) is 3. The van der Waals surface area contributed by atoms with E-state index >= 15 is 0 Å². The Labute approximate surface area is 126 Å². The van der Waals surface area contributed by atoms with Crippen molar-refractivity contribution in [3.8, 4) is 5.69 Å². The van der Waals surface area contributed by atoms with Gasteiger partial charge in [0.2, 0.25) is 0 Å². The molecule has 1 aromatic carbocycles. The SMILES string of the molecule is Cc1ccc(-n2cncc2C2CCCCN2)cc1N(C)C. The Kier molecular flexibility index (Phi) is 3.97. The molecule has 1 unspecified atom stereocenters. The molecule has 1 aliphatic heterocycles. The van der Waals surface area contributed by atoms with E-state index in [1.165, 1.54) is 41.9 Å². The number of piperidine rings is 1. The van der Waals surface area contributed by atoms with E-state index < -0.39 is 0 Å². The van der Waals surface area contributed by atoms with E-state index in [4.69, 9.17) is 0 Å². The normalized spacial score (nSPS) is 18.7. The first-order valence-corrected chi connectivity index (χ1v) is 7.71. The van der Waals surface area contributed by atoms with Gasteiger partial charge in [-0.1, -0.05) is 12.5 Å². The summed E-state index contributed by atoms with van der Waals surface area (Å²) in [6.45, 7) is 3.25. The Morgan fingerprint density at radius 3 is 2.86 bits per heavy atom. The van der Waals surface area contributed by atoms with Gasteiger partial charge in [0.1, 0.15) is 0 Å². The molecule has 2 aromatic rings. The van der Waals surface area contributed by atoms with Gasteiger partial charge in [-0.25, -0.2) is 4.98 Å². The van der Waals surface area contributed by atoms with Crippen LogP contribution < -0.4 is 10.2 Å². The fraction of sp³-hybridized carbons (Fsp3) is 0.471. The highest BCUT2D eigenvalue weighted by Gasteiger charge is 2.19. The summed E-state index contributed by atoms with van der Waals surface area (Å²) in [5, 5.41) is 3.61. The molecule has 4 heteroatoms. The molecule has 0 radical (unpaired) electrons. The van der Waals surface area contributed by atoms with Crippen LogP contribution in [0.4, 0.5) is 5.69 Å². The molecule has 1 saturated heterocycles. The first-order chi connectivity index (χ1) is 10.2. The minimum absolute atomic E-state index is 0.422. The van der Waals surface area contributed by atoms with Gasteiger partial charge in [0.15, 0.2) is 0 Å². The quantitative estimate of drug-likeness (QED) is 0.940.